The minimum absolute atomic E-state index is 0.110. The molecule has 1 N–H and O–H groups in total. The summed E-state index contributed by atoms with van der Waals surface area (Å²) in [5.41, 5.74) is -0.248. The number of sulfone groups is 1. The fraction of sp³-hybridized carbons (Fsp3) is 0.562. The molecule has 146 valence electrons. The summed E-state index contributed by atoms with van der Waals surface area (Å²) < 4.78 is 66.7. The van der Waals surface area contributed by atoms with E-state index >= 15 is 0 Å². The number of aliphatic hydroxyl groups is 1. The summed E-state index contributed by atoms with van der Waals surface area (Å²) in [5.74, 6) is -1.08. The molecule has 1 saturated heterocycles. The van der Waals surface area contributed by atoms with Crippen LogP contribution in [-0.4, -0.2) is 62.6 Å². The van der Waals surface area contributed by atoms with Gasteiger partial charge in [-0.1, -0.05) is 0 Å². The minimum Gasteiger partial charge on any atom is -0.480 e. The average molecular weight is 395 g/mol. The van der Waals surface area contributed by atoms with Crippen molar-refractivity contribution in [1.29, 1.82) is 0 Å². The topological polar surface area (TPSA) is 83.9 Å². The van der Waals surface area contributed by atoms with Gasteiger partial charge < -0.3 is 14.7 Å². The molecule has 0 aliphatic carbocycles. The fourth-order valence-electron chi connectivity index (χ4n) is 2.60. The quantitative estimate of drug-likeness (QED) is 0.823. The fourth-order valence-corrected chi connectivity index (χ4v) is 3.25. The third-order valence-corrected chi connectivity index (χ3v) is 5.32. The van der Waals surface area contributed by atoms with E-state index in [0.29, 0.717) is 13.0 Å². The van der Waals surface area contributed by atoms with Crippen LogP contribution < -0.4 is 4.74 Å². The molecule has 0 spiro atoms. The Morgan fingerprint density at radius 2 is 2.08 bits per heavy atom. The van der Waals surface area contributed by atoms with Crippen LogP contribution in [0.1, 0.15) is 23.7 Å². The minimum atomic E-state index is -4.63. The third-order valence-electron chi connectivity index (χ3n) is 4.21. The molecule has 1 fully saturated rings. The number of hydrogen-bond acceptors (Lipinski definition) is 5. The molecule has 2 rings (SSSR count). The van der Waals surface area contributed by atoms with Crippen LogP contribution in [0.5, 0.6) is 5.75 Å². The molecule has 2 atom stereocenters. The summed E-state index contributed by atoms with van der Waals surface area (Å²) >= 11 is 0. The highest BCUT2D eigenvalue weighted by molar-refractivity contribution is 7.90. The van der Waals surface area contributed by atoms with Crippen molar-refractivity contribution in [1.82, 2.24) is 4.90 Å². The SMILES string of the molecule is CC(Oc1ccc(S(C)(=O)=O)cc1C(=O)N1CCC(CO)C1)C(F)(F)F. The maximum atomic E-state index is 12.8. The number of amides is 1. The van der Waals surface area contributed by atoms with E-state index in [4.69, 9.17) is 4.74 Å². The van der Waals surface area contributed by atoms with Gasteiger partial charge in [-0.25, -0.2) is 8.42 Å². The van der Waals surface area contributed by atoms with Gasteiger partial charge in [-0.2, -0.15) is 13.2 Å². The highest BCUT2D eigenvalue weighted by Crippen LogP contribution is 2.30. The van der Waals surface area contributed by atoms with E-state index in [2.05, 4.69) is 0 Å². The standard InChI is InChI=1S/C16H20F3NO5S/c1-10(16(17,18)19)25-14-4-3-12(26(2,23)24)7-13(14)15(22)20-6-5-11(8-20)9-21/h3-4,7,10-11,21H,5-6,8-9H2,1-2H3. The first-order valence-corrected chi connectivity index (χ1v) is 9.80. The Labute approximate surface area is 149 Å². The normalized spacial score (nSPS) is 19.5. The first-order valence-electron chi connectivity index (χ1n) is 7.91. The van der Waals surface area contributed by atoms with Crippen molar-refractivity contribution >= 4 is 15.7 Å². The molecule has 10 heteroatoms. The molecule has 26 heavy (non-hydrogen) atoms. The van der Waals surface area contributed by atoms with E-state index in [1.807, 2.05) is 0 Å². The van der Waals surface area contributed by atoms with Gasteiger partial charge in [0.15, 0.2) is 15.9 Å². The molecule has 6 nitrogen and oxygen atoms in total. The number of benzene rings is 1. The van der Waals surface area contributed by atoms with Crippen molar-refractivity contribution in [2.24, 2.45) is 5.92 Å². The van der Waals surface area contributed by atoms with Gasteiger partial charge in [0.25, 0.3) is 5.91 Å². The number of likely N-dealkylation sites (tertiary alicyclic amines) is 1. The lowest BCUT2D eigenvalue weighted by Crippen LogP contribution is -2.33. The molecule has 0 aromatic heterocycles. The van der Waals surface area contributed by atoms with Gasteiger partial charge in [-0.05, 0) is 31.5 Å². The Kier molecular flexibility index (Phi) is 5.86. The second-order valence-corrected chi connectivity index (χ2v) is 8.34. The Balaban J connectivity index is 2.40. The lowest BCUT2D eigenvalue weighted by atomic mass is 10.1. The summed E-state index contributed by atoms with van der Waals surface area (Å²) in [5, 5.41) is 9.18. The van der Waals surface area contributed by atoms with Crippen LogP contribution in [0.25, 0.3) is 0 Å². The van der Waals surface area contributed by atoms with E-state index in [0.717, 1.165) is 31.4 Å². The molecule has 0 bridgehead atoms. The molecule has 0 saturated carbocycles. The monoisotopic (exact) mass is 395 g/mol. The zero-order valence-electron chi connectivity index (χ0n) is 14.3. The van der Waals surface area contributed by atoms with Gasteiger partial charge in [0.2, 0.25) is 0 Å². The number of aliphatic hydroxyl groups excluding tert-OH is 1. The Hall–Kier alpha value is -1.81. The molecule has 0 radical (unpaired) electrons. The number of ether oxygens (including phenoxy) is 1. The van der Waals surface area contributed by atoms with Crippen LogP contribution in [0.15, 0.2) is 23.1 Å². The van der Waals surface area contributed by atoms with Gasteiger partial charge in [0.1, 0.15) is 5.75 Å². The van der Waals surface area contributed by atoms with Crippen LogP contribution in [0.4, 0.5) is 13.2 Å². The van der Waals surface area contributed by atoms with E-state index in [-0.39, 0.29) is 35.3 Å². The Morgan fingerprint density at radius 1 is 1.42 bits per heavy atom. The number of carbonyl (C=O) groups excluding carboxylic acids is 1. The van der Waals surface area contributed by atoms with E-state index in [9.17, 15) is 31.5 Å². The lowest BCUT2D eigenvalue weighted by Gasteiger charge is -2.22. The third kappa shape index (κ3) is 4.67. The molecule has 1 aliphatic rings. The zero-order chi connectivity index (χ0) is 19.7. The molecule has 2 unspecified atom stereocenters. The highest BCUT2D eigenvalue weighted by Gasteiger charge is 2.39. The van der Waals surface area contributed by atoms with Crippen molar-refractivity contribution in [3.63, 3.8) is 0 Å². The molecule has 1 amide bonds. The smallest absolute Gasteiger partial charge is 0.425 e. The number of alkyl halides is 3. The second kappa shape index (κ2) is 7.43. The zero-order valence-corrected chi connectivity index (χ0v) is 15.1. The van der Waals surface area contributed by atoms with Crippen molar-refractivity contribution in [2.75, 3.05) is 26.0 Å². The highest BCUT2D eigenvalue weighted by atomic mass is 32.2. The van der Waals surface area contributed by atoms with Gasteiger partial charge in [0.05, 0.1) is 10.5 Å². The summed E-state index contributed by atoms with van der Waals surface area (Å²) in [6, 6.07) is 3.19. The van der Waals surface area contributed by atoms with Crippen molar-refractivity contribution < 1.29 is 36.2 Å². The largest absolute Gasteiger partial charge is 0.480 e. The van der Waals surface area contributed by atoms with Crippen LogP contribution in [0, 0.1) is 5.92 Å². The number of nitrogens with zero attached hydrogens (tertiary/aromatic N) is 1. The molecule has 1 heterocycles. The maximum Gasteiger partial charge on any atom is 0.425 e. The Bertz CT molecular complexity index is 779. The van der Waals surface area contributed by atoms with E-state index in [1.165, 1.54) is 4.90 Å². The first kappa shape index (κ1) is 20.5. The van der Waals surface area contributed by atoms with Gasteiger partial charge in [0, 0.05) is 31.9 Å². The summed E-state index contributed by atoms with van der Waals surface area (Å²) in [6.07, 6.45) is -5.30. The molecule has 1 aromatic carbocycles. The molecular formula is C16H20F3NO5S. The lowest BCUT2D eigenvalue weighted by molar-refractivity contribution is -0.189. The van der Waals surface area contributed by atoms with Crippen LogP contribution in [-0.2, 0) is 9.84 Å². The van der Waals surface area contributed by atoms with Crippen LogP contribution in [0.2, 0.25) is 0 Å². The summed E-state index contributed by atoms with van der Waals surface area (Å²) in [4.78, 5) is 13.9. The number of halogens is 3. The van der Waals surface area contributed by atoms with Gasteiger partial charge in [-0.15, -0.1) is 0 Å². The summed E-state index contributed by atoms with van der Waals surface area (Å²) in [6.45, 7) is 1.26. The van der Waals surface area contributed by atoms with E-state index < -0.39 is 28.0 Å². The summed E-state index contributed by atoms with van der Waals surface area (Å²) in [7, 11) is -3.66. The predicted molar refractivity (Wildman–Crippen MR) is 86.8 cm³/mol. The molecule has 1 aliphatic heterocycles. The second-order valence-electron chi connectivity index (χ2n) is 6.32. The number of carbonyl (C=O) groups is 1. The molecular weight excluding hydrogens is 375 g/mol. The Morgan fingerprint density at radius 3 is 2.58 bits per heavy atom. The van der Waals surface area contributed by atoms with Crippen molar-refractivity contribution in [3.05, 3.63) is 23.8 Å². The first-order chi connectivity index (χ1) is 11.9. The number of hydrogen-bond donors (Lipinski definition) is 1. The van der Waals surface area contributed by atoms with Crippen molar-refractivity contribution in [2.45, 2.75) is 30.5 Å². The van der Waals surface area contributed by atoms with Gasteiger partial charge >= 0.3 is 6.18 Å². The maximum absolute atomic E-state index is 12.8. The average Bonchev–Trinajstić information content (AvgIpc) is 3.01. The number of rotatable bonds is 5. The van der Waals surface area contributed by atoms with Crippen LogP contribution >= 0.6 is 0 Å². The van der Waals surface area contributed by atoms with Crippen LogP contribution in [0.3, 0.4) is 0 Å². The van der Waals surface area contributed by atoms with E-state index in [1.54, 1.807) is 0 Å². The predicted octanol–water partition coefficient (Wildman–Crippen LogP) is 1.87. The van der Waals surface area contributed by atoms with Gasteiger partial charge in [-0.3, -0.25) is 4.79 Å². The molecule has 1 aromatic rings. The van der Waals surface area contributed by atoms with Crippen molar-refractivity contribution in [3.8, 4) is 5.75 Å².